The molecule has 0 atom stereocenters. The lowest BCUT2D eigenvalue weighted by Crippen LogP contribution is -2.14. The molecule has 0 amide bonds. The summed E-state index contributed by atoms with van der Waals surface area (Å²) >= 11 is 0. The Morgan fingerprint density at radius 3 is 2.59 bits per heavy atom. The van der Waals surface area contributed by atoms with Gasteiger partial charge in [-0.3, -0.25) is 24.9 Å². The summed E-state index contributed by atoms with van der Waals surface area (Å²) in [4.78, 5) is 27.7. The van der Waals surface area contributed by atoms with E-state index in [2.05, 4.69) is 9.98 Å². The summed E-state index contributed by atoms with van der Waals surface area (Å²) in [6.45, 7) is 1.52. The van der Waals surface area contributed by atoms with E-state index in [-0.39, 0.29) is 16.8 Å². The Hall–Kier alpha value is -3.47. The second kappa shape index (κ2) is 5.88. The fourth-order valence-corrected chi connectivity index (χ4v) is 1.81. The fraction of sp³-hybridized carbons (Fsp3) is 0.0714. The molecule has 2 N–H and O–H groups in total. The number of hydrogen-bond donors (Lipinski definition) is 2. The molecular weight excluding hydrogens is 288 g/mol. The number of nitro groups is 1. The van der Waals surface area contributed by atoms with Crippen molar-refractivity contribution in [2.24, 2.45) is 4.99 Å². The number of aromatic nitrogens is 1. The first-order valence-corrected chi connectivity index (χ1v) is 6.08. The van der Waals surface area contributed by atoms with Crippen molar-refractivity contribution in [2.75, 3.05) is 0 Å². The van der Waals surface area contributed by atoms with Gasteiger partial charge in [-0.2, -0.15) is 5.26 Å². The molecule has 110 valence electrons. The van der Waals surface area contributed by atoms with Gasteiger partial charge < -0.3 is 5.11 Å². The highest BCUT2D eigenvalue weighted by Crippen LogP contribution is 2.20. The van der Waals surface area contributed by atoms with E-state index in [0.717, 1.165) is 0 Å². The highest BCUT2D eigenvalue weighted by Gasteiger charge is 2.12. The van der Waals surface area contributed by atoms with Crippen molar-refractivity contribution in [3.05, 3.63) is 61.4 Å². The maximum Gasteiger partial charge on any atom is 0.269 e. The Bertz CT molecular complexity index is 860. The van der Waals surface area contributed by atoms with E-state index in [1.807, 2.05) is 0 Å². The van der Waals surface area contributed by atoms with Crippen molar-refractivity contribution in [3.63, 3.8) is 0 Å². The van der Waals surface area contributed by atoms with Gasteiger partial charge in [-0.15, -0.1) is 0 Å². The van der Waals surface area contributed by atoms with Crippen LogP contribution in [-0.4, -0.2) is 21.2 Å². The number of H-pyrrole nitrogens is 1. The Kier molecular flexibility index (Phi) is 3.99. The van der Waals surface area contributed by atoms with Gasteiger partial charge in [0, 0.05) is 18.3 Å². The van der Waals surface area contributed by atoms with Gasteiger partial charge in [-0.25, -0.2) is 0 Å². The molecule has 0 bridgehead atoms. The minimum absolute atomic E-state index is 0.0613. The number of nitro benzene ring substituents is 1. The lowest BCUT2D eigenvalue weighted by Gasteiger charge is -2.04. The third-order valence-corrected chi connectivity index (χ3v) is 3.01. The van der Waals surface area contributed by atoms with Crippen LogP contribution in [0.5, 0.6) is 5.88 Å². The summed E-state index contributed by atoms with van der Waals surface area (Å²) in [6, 6.07) is 7.24. The molecule has 0 radical (unpaired) electrons. The maximum absolute atomic E-state index is 11.5. The van der Waals surface area contributed by atoms with E-state index in [1.165, 1.54) is 37.4 Å². The number of benzene rings is 1. The molecule has 8 nitrogen and oxygen atoms in total. The molecule has 0 saturated carbocycles. The molecule has 0 aliphatic heterocycles. The Labute approximate surface area is 124 Å². The average molecular weight is 298 g/mol. The van der Waals surface area contributed by atoms with Gasteiger partial charge in [0.2, 0.25) is 5.88 Å². The average Bonchev–Trinajstić information content (AvgIpc) is 2.47. The van der Waals surface area contributed by atoms with Gasteiger partial charge in [0.1, 0.15) is 11.6 Å². The van der Waals surface area contributed by atoms with Crippen LogP contribution >= 0.6 is 0 Å². The number of pyridine rings is 1. The Morgan fingerprint density at radius 2 is 2.05 bits per heavy atom. The zero-order valence-electron chi connectivity index (χ0n) is 11.4. The highest BCUT2D eigenvalue weighted by atomic mass is 16.6. The van der Waals surface area contributed by atoms with Crippen molar-refractivity contribution in [3.8, 4) is 11.9 Å². The molecule has 0 spiro atoms. The van der Waals surface area contributed by atoms with E-state index < -0.39 is 16.4 Å². The van der Waals surface area contributed by atoms with Crippen LogP contribution in [0.25, 0.3) is 0 Å². The molecule has 2 rings (SSSR count). The van der Waals surface area contributed by atoms with Crippen molar-refractivity contribution in [2.45, 2.75) is 6.92 Å². The molecule has 0 aliphatic carbocycles. The molecule has 0 unspecified atom stereocenters. The smallest absolute Gasteiger partial charge is 0.269 e. The van der Waals surface area contributed by atoms with Crippen LogP contribution in [0, 0.1) is 28.4 Å². The molecule has 1 heterocycles. The molecule has 0 fully saturated rings. The Balaban J connectivity index is 2.40. The molecule has 1 aromatic carbocycles. The second-order valence-electron chi connectivity index (χ2n) is 4.36. The predicted molar refractivity (Wildman–Crippen MR) is 78.5 cm³/mol. The number of aliphatic imine (C=N–C) groups is 1. The van der Waals surface area contributed by atoms with E-state index in [9.17, 15) is 20.0 Å². The number of rotatable bonds is 3. The molecule has 1 aromatic heterocycles. The predicted octanol–water partition coefficient (Wildman–Crippen LogP) is 1.92. The van der Waals surface area contributed by atoms with E-state index in [1.54, 1.807) is 6.07 Å². The van der Waals surface area contributed by atoms with Crippen LogP contribution in [0.2, 0.25) is 0 Å². The van der Waals surface area contributed by atoms with Gasteiger partial charge >= 0.3 is 0 Å². The van der Waals surface area contributed by atoms with Crippen LogP contribution in [-0.2, 0) is 0 Å². The van der Waals surface area contributed by atoms with Crippen LogP contribution in [0.1, 0.15) is 16.7 Å². The lowest BCUT2D eigenvalue weighted by molar-refractivity contribution is -0.384. The van der Waals surface area contributed by atoms with Crippen molar-refractivity contribution < 1.29 is 10.0 Å². The third kappa shape index (κ3) is 2.83. The monoisotopic (exact) mass is 298 g/mol. The number of hydrogen-bond acceptors (Lipinski definition) is 6. The Morgan fingerprint density at radius 1 is 1.41 bits per heavy atom. The van der Waals surface area contributed by atoms with Crippen LogP contribution in [0.15, 0.2) is 34.1 Å². The summed E-state index contributed by atoms with van der Waals surface area (Å²) in [5.74, 6) is -0.396. The highest BCUT2D eigenvalue weighted by molar-refractivity contribution is 5.87. The summed E-state index contributed by atoms with van der Waals surface area (Å²) < 4.78 is 0. The minimum atomic E-state index is -0.676. The zero-order valence-corrected chi connectivity index (χ0v) is 11.4. The fourth-order valence-electron chi connectivity index (χ4n) is 1.81. The molecule has 22 heavy (non-hydrogen) atoms. The van der Waals surface area contributed by atoms with Gasteiger partial charge in [-0.1, -0.05) is 0 Å². The zero-order chi connectivity index (χ0) is 16.3. The number of aromatic amines is 1. The topological polar surface area (TPSA) is 132 Å². The van der Waals surface area contributed by atoms with Crippen LogP contribution in [0.3, 0.4) is 0 Å². The van der Waals surface area contributed by atoms with Crippen molar-refractivity contribution >= 4 is 17.6 Å². The van der Waals surface area contributed by atoms with Crippen LogP contribution < -0.4 is 5.56 Å². The van der Waals surface area contributed by atoms with Gasteiger partial charge in [0.05, 0.1) is 16.2 Å². The van der Waals surface area contributed by atoms with Gasteiger partial charge in [0.25, 0.3) is 11.2 Å². The summed E-state index contributed by atoms with van der Waals surface area (Å²) in [5, 5.41) is 29.2. The number of non-ortho nitro benzene ring substituents is 1. The van der Waals surface area contributed by atoms with Crippen molar-refractivity contribution in [1.29, 1.82) is 5.26 Å². The standard InChI is InChI=1S/C14H10N4O4/c1-8-11(6-15)13(19)17-14(20)12(8)7-16-9-2-4-10(5-3-9)18(21)22/h2-5,7H,1H3,(H2,17,19,20). The lowest BCUT2D eigenvalue weighted by atomic mass is 10.1. The SMILES string of the molecule is Cc1c(C=Nc2ccc([N+](=O)[O-])cc2)c(O)[nH]c(=O)c1C#N. The van der Waals surface area contributed by atoms with E-state index in [4.69, 9.17) is 5.26 Å². The van der Waals surface area contributed by atoms with Gasteiger partial charge in [0.15, 0.2) is 0 Å². The normalized spacial score (nSPS) is 10.5. The number of nitrogens with zero attached hydrogens (tertiary/aromatic N) is 3. The first-order chi connectivity index (χ1) is 10.4. The second-order valence-corrected chi connectivity index (χ2v) is 4.36. The number of aromatic hydroxyl groups is 1. The van der Waals surface area contributed by atoms with Crippen LogP contribution in [0.4, 0.5) is 11.4 Å². The van der Waals surface area contributed by atoms with E-state index >= 15 is 0 Å². The van der Waals surface area contributed by atoms with Crippen molar-refractivity contribution in [1.82, 2.24) is 4.98 Å². The quantitative estimate of drug-likeness (QED) is 0.507. The molecule has 2 aromatic rings. The number of nitriles is 1. The largest absolute Gasteiger partial charge is 0.494 e. The minimum Gasteiger partial charge on any atom is -0.494 e. The molecule has 0 saturated heterocycles. The first-order valence-electron chi connectivity index (χ1n) is 6.08. The first kappa shape index (κ1) is 14.9. The third-order valence-electron chi connectivity index (χ3n) is 3.01. The molecular formula is C14H10N4O4. The number of nitrogens with one attached hydrogen (secondary N) is 1. The van der Waals surface area contributed by atoms with E-state index in [0.29, 0.717) is 11.3 Å². The summed E-state index contributed by atoms with van der Waals surface area (Å²) in [6.07, 6.45) is 1.28. The molecule has 8 heteroatoms. The maximum atomic E-state index is 11.5. The summed E-state index contributed by atoms with van der Waals surface area (Å²) in [5.41, 5.74) is 0.0831. The van der Waals surface area contributed by atoms with Gasteiger partial charge in [-0.05, 0) is 24.6 Å². The molecule has 0 aliphatic rings. The summed E-state index contributed by atoms with van der Waals surface area (Å²) in [7, 11) is 0.